The Balaban J connectivity index is 0.00000141. The van der Waals surface area contributed by atoms with E-state index in [4.69, 9.17) is 9.90 Å². The van der Waals surface area contributed by atoms with E-state index in [1.807, 2.05) is 47.2 Å². The average Bonchev–Trinajstić information content (AvgIpc) is 3.61. The molecule has 44 heavy (non-hydrogen) atoms. The Bertz CT molecular complexity index is 1680. The minimum Gasteiger partial charge on any atom is -0.483 e. The molecule has 0 saturated heterocycles. The summed E-state index contributed by atoms with van der Waals surface area (Å²) < 4.78 is 29.1. The molecule has 4 aromatic rings. The molecule has 2 atom stereocenters. The van der Waals surface area contributed by atoms with Gasteiger partial charge in [0.2, 0.25) is 10.0 Å². The van der Waals surface area contributed by atoms with Gasteiger partial charge in [0.1, 0.15) is 0 Å². The lowest BCUT2D eigenvalue weighted by Crippen LogP contribution is -2.48. The van der Waals surface area contributed by atoms with Gasteiger partial charge >= 0.3 is 0 Å². The molecule has 2 aromatic heterocycles. The smallest absolute Gasteiger partial charge is 0.290 e. The van der Waals surface area contributed by atoms with Gasteiger partial charge in [-0.2, -0.15) is 0 Å². The van der Waals surface area contributed by atoms with Crippen LogP contribution in [0, 0.1) is 0 Å². The summed E-state index contributed by atoms with van der Waals surface area (Å²) in [7, 11) is -1.98. The predicted octanol–water partition coefficient (Wildman–Crippen LogP) is 3.80. The number of rotatable bonds is 11. The van der Waals surface area contributed by atoms with Crippen LogP contribution in [0.15, 0.2) is 60.1 Å². The van der Waals surface area contributed by atoms with Crippen LogP contribution >= 0.6 is 11.3 Å². The number of anilines is 1. The summed E-state index contributed by atoms with van der Waals surface area (Å²) in [4.78, 5) is 23.4. The zero-order valence-electron chi connectivity index (χ0n) is 25.2. The normalized spacial score (nSPS) is 15.1. The van der Waals surface area contributed by atoms with Gasteiger partial charge in [0.05, 0.1) is 29.1 Å². The molecule has 1 aliphatic heterocycles. The molecule has 0 aliphatic carbocycles. The second-order valence-corrected chi connectivity index (χ2v) is 13.8. The summed E-state index contributed by atoms with van der Waals surface area (Å²) in [5, 5.41) is 27.5. The number of carboxylic acid groups (broad SMARTS) is 1. The molecule has 2 aromatic carbocycles. The largest absolute Gasteiger partial charge is 0.483 e. The van der Waals surface area contributed by atoms with Gasteiger partial charge < -0.3 is 25.4 Å². The SMILES string of the molecule is CCc1cc(CNC[C@@H](O)[C@H](Cc2ccccc2)NC(=O)c2cc3c4c(c2)c(CC)cn4CCS(=O)(=O)N3C)cs1.O=CO. The maximum absolute atomic E-state index is 13.8. The maximum Gasteiger partial charge on any atom is 0.290 e. The molecule has 12 heteroatoms. The van der Waals surface area contributed by atoms with Crippen LogP contribution in [-0.2, 0) is 47.2 Å². The van der Waals surface area contributed by atoms with Gasteiger partial charge in [-0.3, -0.25) is 13.9 Å². The lowest BCUT2D eigenvalue weighted by Gasteiger charge is -2.25. The van der Waals surface area contributed by atoms with Crippen molar-refractivity contribution in [2.24, 2.45) is 0 Å². The Hall–Kier alpha value is -3.71. The highest BCUT2D eigenvalue weighted by Gasteiger charge is 2.29. The van der Waals surface area contributed by atoms with Gasteiger partial charge in [-0.15, -0.1) is 11.3 Å². The van der Waals surface area contributed by atoms with Crippen molar-refractivity contribution in [3.63, 3.8) is 0 Å². The van der Waals surface area contributed by atoms with Gasteiger partial charge in [-0.1, -0.05) is 44.2 Å². The number of hydrogen-bond acceptors (Lipinski definition) is 7. The first-order chi connectivity index (χ1) is 21.1. The number of carbonyl (C=O) groups is 2. The molecule has 0 bridgehead atoms. The minimum atomic E-state index is -3.52. The van der Waals surface area contributed by atoms with E-state index in [9.17, 15) is 18.3 Å². The summed E-state index contributed by atoms with van der Waals surface area (Å²) in [6.07, 6.45) is 3.36. The number of nitrogens with zero attached hydrogens (tertiary/aromatic N) is 2. The number of carbonyl (C=O) groups excluding carboxylic acids is 1. The molecule has 0 saturated carbocycles. The predicted molar refractivity (Wildman–Crippen MR) is 175 cm³/mol. The fraction of sp³-hybridized carbons (Fsp3) is 0.375. The molecule has 1 amide bonds. The molecule has 10 nitrogen and oxygen atoms in total. The molecule has 0 unspecified atom stereocenters. The summed E-state index contributed by atoms with van der Waals surface area (Å²) in [5.41, 5.74) is 4.93. The first-order valence-corrected chi connectivity index (χ1v) is 17.1. The number of sulfonamides is 1. The van der Waals surface area contributed by atoms with Crippen molar-refractivity contribution in [3.8, 4) is 0 Å². The van der Waals surface area contributed by atoms with Crippen molar-refractivity contribution in [3.05, 3.63) is 87.2 Å². The lowest BCUT2D eigenvalue weighted by molar-refractivity contribution is -0.122. The Morgan fingerprint density at radius 3 is 2.50 bits per heavy atom. The number of hydrogen-bond donors (Lipinski definition) is 4. The Morgan fingerprint density at radius 2 is 1.84 bits per heavy atom. The third-order valence-corrected chi connectivity index (χ3v) is 10.7. The summed E-state index contributed by atoms with van der Waals surface area (Å²) in [6, 6.07) is 14.9. The number of benzene rings is 2. The second-order valence-electron chi connectivity index (χ2n) is 10.7. The number of nitrogens with one attached hydrogen (secondary N) is 2. The monoisotopic (exact) mass is 640 g/mol. The van der Waals surface area contributed by atoms with Crippen molar-refractivity contribution in [2.45, 2.75) is 58.3 Å². The molecule has 236 valence electrons. The van der Waals surface area contributed by atoms with E-state index in [1.54, 1.807) is 24.5 Å². The number of aliphatic hydroxyl groups is 1. The molecule has 3 heterocycles. The Morgan fingerprint density at radius 1 is 1.11 bits per heavy atom. The topological polar surface area (TPSA) is 141 Å². The van der Waals surface area contributed by atoms with E-state index in [1.165, 1.54) is 14.7 Å². The summed E-state index contributed by atoms with van der Waals surface area (Å²) >= 11 is 1.73. The molecule has 0 spiro atoms. The van der Waals surface area contributed by atoms with Crippen molar-refractivity contribution in [2.75, 3.05) is 23.7 Å². The van der Waals surface area contributed by atoms with Gasteiger partial charge in [-0.25, -0.2) is 8.42 Å². The van der Waals surface area contributed by atoms with Crippen molar-refractivity contribution in [1.29, 1.82) is 0 Å². The van der Waals surface area contributed by atoms with Crippen LogP contribution in [-0.4, -0.2) is 67.1 Å². The zero-order chi connectivity index (χ0) is 31.9. The van der Waals surface area contributed by atoms with Gasteiger partial charge in [0, 0.05) is 48.7 Å². The van der Waals surface area contributed by atoms with Gasteiger partial charge in [-0.05, 0) is 59.5 Å². The second kappa shape index (κ2) is 14.8. The number of thiophene rings is 1. The molecular weight excluding hydrogens is 601 g/mol. The number of aliphatic hydroxyl groups excluding tert-OH is 1. The molecule has 0 fully saturated rings. The first-order valence-electron chi connectivity index (χ1n) is 14.6. The van der Waals surface area contributed by atoms with E-state index in [-0.39, 0.29) is 18.1 Å². The highest BCUT2D eigenvalue weighted by Crippen LogP contribution is 2.35. The van der Waals surface area contributed by atoms with Crippen molar-refractivity contribution in [1.82, 2.24) is 15.2 Å². The number of amides is 1. The maximum atomic E-state index is 13.8. The summed E-state index contributed by atoms with van der Waals surface area (Å²) in [6.45, 7) is 5.25. The third-order valence-electron chi connectivity index (χ3n) is 7.84. The standard InChI is InChI=1S/C31H38N4O4S2.CH2O2/c1-4-23-19-35-11-12-41(38,39)34(3)28-16-24(15-26(23)30(28)35)31(37)33-27(14-21-9-7-6-8-10-21)29(36)18-32-17-22-13-25(5-2)40-20-22;2-1-3/h6-10,13,15-16,19-20,27,29,32,36H,4-5,11-12,14,17-18H2,1-3H3,(H,33,37);1H,(H,2,3)/t27-,29+;/m0./s1. The number of aromatic nitrogens is 1. The van der Waals surface area contributed by atoms with Crippen LogP contribution < -0.4 is 14.9 Å². The quantitative estimate of drug-likeness (QED) is 0.183. The molecule has 4 N–H and O–H groups in total. The zero-order valence-corrected chi connectivity index (χ0v) is 26.8. The van der Waals surface area contributed by atoms with Crippen LogP contribution in [0.1, 0.15) is 45.8 Å². The van der Waals surface area contributed by atoms with E-state index in [2.05, 4.69) is 35.9 Å². The fourth-order valence-corrected chi connectivity index (χ4v) is 7.41. The highest BCUT2D eigenvalue weighted by atomic mass is 32.2. The molecule has 5 rings (SSSR count). The third kappa shape index (κ3) is 7.68. The van der Waals surface area contributed by atoms with E-state index < -0.39 is 22.2 Å². The average molecular weight is 641 g/mol. The number of aryl methyl sites for hydroxylation is 3. The van der Waals surface area contributed by atoms with Gasteiger partial charge in [0.15, 0.2) is 0 Å². The fourth-order valence-electron chi connectivity index (χ4n) is 5.43. The van der Waals surface area contributed by atoms with Crippen molar-refractivity contribution < 1.29 is 28.2 Å². The minimum absolute atomic E-state index is 0.00384. The Labute approximate surface area is 262 Å². The highest BCUT2D eigenvalue weighted by molar-refractivity contribution is 7.92. The van der Waals surface area contributed by atoms with E-state index in [0.717, 1.165) is 34.9 Å². The van der Waals surface area contributed by atoms with E-state index in [0.29, 0.717) is 37.3 Å². The van der Waals surface area contributed by atoms with Crippen molar-refractivity contribution >= 4 is 50.3 Å². The van der Waals surface area contributed by atoms with Crippen LogP contribution in [0.2, 0.25) is 0 Å². The van der Waals surface area contributed by atoms with Gasteiger partial charge in [0.25, 0.3) is 12.4 Å². The lowest BCUT2D eigenvalue weighted by atomic mass is 9.99. The van der Waals surface area contributed by atoms with Crippen LogP contribution in [0.4, 0.5) is 5.69 Å². The Kier molecular flexibility index (Phi) is 11.2. The molecule has 0 radical (unpaired) electrons. The first kappa shape index (κ1) is 33.2. The summed E-state index contributed by atoms with van der Waals surface area (Å²) in [5.74, 6) is -0.353. The molecular formula is C32H40N4O6S2. The van der Waals surface area contributed by atoms with Crippen LogP contribution in [0.25, 0.3) is 10.9 Å². The molecule has 1 aliphatic rings. The van der Waals surface area contributed by atoms with E-state index >= 15 is 0 Å². The van der Waals surface area contributed by atoms with Crippen LogP contribution in [0.3, 0.4) is 0 Å². The van der Waals surface area contributed by atoms with Crippen LogP contribution in [0.5, 0.6) is 0 Å².